The molecule has 0 saturated carbocycles. The molecule has 0 aliphatic carbocycles. The molecule has 156 valence electrons. The maximum Gasteiger partial charge on any atom is 0.228 e. The van der Waals surface area contributed by atoms with Crippen molar-refractivity contribution in [3.63, 3.8) is 0 Å². The summed E-state index contributed by atoms with van der Waals surface area (Å²) in [5.74, 6) is 2.38. The minimum absolute atomic E-state index is 0.722. The Kier molecular flexibility index (Phi) is 5.69. The van der Waals surface area contributed by atoms with E-state index in [4.69, 9.17) is 14.7 Å². The summed E-state index contributed by atoms with van der Waals surface area (Å²) in [5.41, 5.74) is 3.67. The van der Waals surface area contributed by atoms with Gasteiger partial charge >= 0.3 is 0 Å². The maximum absolute atomic E-state index is 6.31. The second-order valence-electron chi connectivity index (χ2n) is 8.20. The van der Waals surface area contributed by atoms with Crippen LogP contribution in [0.4, 0.5) is 5.95 Å². The number of rotatable bonds is 5. The van der Waals surface area contributed by atoms with Gasteiger partial charge in [-0.2, -0.15) is 4.98 Å². The topological polar surface area (TPSA) is 41.5 Å². The molecule has 1 saturated heterocycles. The quantitative estimate of drug-likeness (QED) is 0.568. The number of anilines is 1. The van der Waals surface area contributed by atoms with E-state index >= 15 is 0 Å². The van der Waals surface area contributed by atoms with Crippen molar-refractivity contribution >= 4 is 17.3 Å². The third-order valence-corrected chi connectivity index (χ3v) is 7.03. The van der Waals surface area contributed by atoms with Gasteiger partial charge in [-0.15, -0.1) is 11.3 Å². The Hall–Kier alpha value is -2.44. The summed E-state index contributed by atoms with van der Waals surface area (Å²) in [6.45, 7) is 7.09. The largest absolute Gasteiger partial charge is 0.439 e. The third kappa shape index (κ3) is 4.20. The molecule has 3 aromatic rings. The lowest BCUT2D eigenvalue weighted by Crippen LogP contribution is -2.34. The summed E-state index contributed by atoms with van der Waals surface area (Å²) in [7, 11) is 0. The van der Waals surface area contributed by atoms with E-state index in [0.29, 0.717) is 0 Å². The summed E-state index contributed by atoms with van der Waals surface area (Å²) >= 11 is 1.84. The van der Waals surface area contributed by atoms with Crippen LogP contribution >= 0.6 is 11.3 Å². The Morgan fingerprint density at radius 2 is 1.83 bits per heavy atom. The van der Waals surface area contributed by atoms with Crippen molar-refractivity contribution < 1.29 is 4.74 Å². The lowest BCUT2D eigenvalue weighted by atomic mass is 10.1. The van der Waals surface area contributed by atoms with Crippen LogP contribution in [0.1, 0.15) is 41.0 Å². The van der Waals surface area contributed by atoms with Crippen LogP contribution in [0.2, 0.25) is 0 Å². The molecule has 2 aromatic heterocycles. The van der Waals surface area contributed by atoms with Crippen LogP contribution in [0, 0.1) is 6.92 Å². The smallest absolute Gasteiger partial charge is 0.228 e. The molecular formula is C24H28N4OS. The van der Waals surface area contributed by atoms with Crippen molar-refractivity contribution in [3.05, 3.63) is 63.5 Å². The Morgan fingerprint density at radius 3 is 2.60 bits per heavy atom. The Balaban J connectivity index is 1.46. The number of aryl methyl sites for hydroxylation is 1. The molecular weight excluding hydrogens is 392 g/mol. The number of aromatic nitrogens is 2. The number of thiophene rings is 1. The SMILES string of the molecule is Cc1ccsc1CN1CCc2nc(N3CCCCC3)nc(Oc3ccccc3)c2C1. The number of nitrogens with zero attached hydrogens (tertiary/aromatic N) is 4. The van der Waals surface area contributed by atoms with Gasteiger partial charge in [0, 0.05) is 44.0 Å². The number of hydrogen-bond acceptors (Lipinski definition) is 6. The molecule has 0 spiro atoms. The first-order chi connectivity index (χ1) is 14.8. The van der Waals surface area contributed by atoms with Crippen molar-refractivity contribution in [2.24, 2.45) is 0 Å². The minimum Gasteiger partial charge on any atom is -0.439 e. The van der Waals surface area contributed by atoms with Gasteiger partial charge in [-0.05, 0) is 55.3 Å². The number of benzene rings is 1. The van der Waals surface area contributed by atoms with Gasteiger partial charge < -0.3 is 9.64 Å². The number of para-hydroxylation sites is 1. The monoisotopic (exact) mass is 420 g/mol. The third-order valence-electron chi connectivity index (χ3n) is 6.02. The van der Waals surface area contributed by atoms with Crippen LogP contribution in [-0.2, 0) is 19.5 Å². The van der Waals surface area contributed by atoms with E-state index in [0.717, 1.165) is 68.0 Å². The second-order valence-corrected chi connectivity index (χ2v) is 9.20. The normalized spacial score (nSPS) is 17.0. The summed E-state index contributed by atoms with van der Waals surface area (Å²) in [6, 6.07) is 12.2. The molecule has 0 unspecified atom stereocenters. The van der Waals surface area contributed by atoms with Gasteiger partial charge in [0.1, 0.15) is 5.75 Å². The van der Waals surface area contributed by atoms with Gasteiger partial charge in [0.2, 0.25) is 11.8 Å². The fourth-order valence-corrected chi connectivity index (χ4v) is 5.20. The Labute approximate surface area is 182 Å². The van der Waals surface area contributed by atoms with Crippen molar-refractivity contribution in [2.75, 3.05) is 24.5 Å². The fraction of sp³-hybridized carbons (Fsp3) is 0.417. The molecule has 4 heterocycles. The summed E-state index contributed by atoms with van der Waals surface area (Å²) in [5, 5.41) is 2.18. The molecule has 5 rings (SSSR count). The van der Waals surface area contributed by atoms with Gasteiger partial charge in [-0.25, -0.2) is 4.98 Å². The first-order valence-electron chi connectivity index (χ1n) is 10.9. The number of piperidine rings is 1. The van der Waals surface area contributed by atoms with Crippen LogP contribution < -0.4 is 9.64 Å². The second kappa shape index (κ2) is 8.74. The standard InChI is InChI=1S/C24H28N4OS/c1-18-11-15-30-22(18)17-27-14-10-21-20(16-27)23(29-19-8-4-2-5-9-19)26-24(25-21)28-12-6-3-7-13-28/h2,4-5,8-9,11,15H,3,6-7,10,12-14,16-17H2,1H3. The molecule has 30 heavy (non-hydrogen) atoms. The number of hydrogen-bond donors (Lipinski definition) is 0. The van der Waals surface area contributed by atoms with E-state index in [-0.39, 0.29) is 0 Å². The predicted octanol–water partition coefficient (Wildman–Crippen LogP) is 5.19. The van der Waals surface area contributed by atoms with Crippen molar-refractivity contribution in [2.45, 2.75) is 45.7 Å². The van der Waals surface area contributed by atoms with E-state index < -0.39 is 0 Å². The van der Waals surface area contributed by atoms with Crippen molar-refractivity contribution in [3.8, 4) is 11.6 Å². The van der Waals surface area contributed by atoms with Gasteiger partial charge in [0.15, 0.2) is 0 Å². The molecule has 5 nitrogen and oxygen atoms in total. The Morgan fingerprint density at radius 1 is 1.00 bits per heavy atom. The predicted molar refractivity (Wildman–Crippen MR) is 121 cm³/mol. The summed E-state index contributed by atoms with van der Waals surface area (Å²) in [6.07, 6.45) is 4.66. The fourth-order valence-electron chi connectivity index (χ4n) is 4.25. The summed E-state index contributed by atoms with van der Waals surface area (Å²) in [4.78, 5) is 16.2. The lowest BCUT2D eigenvalue weighted by Gasteiger charge is -2.31. The van der Waals surface area contributed by atoms with Gasteiger partial charge in [-0.3, -0.25) is 4.90 Å². The maximum atomic E-state index is 6.31. The molecule has 1 aromatic carbocycles. The first kappa shape index (κ1) is 19.5. The van der Waals surface area contributed by atoms with Gasteiger partial charge in [0.25, 0.3) is 0 Å². The highest BCUT2D eigenvalue weighted by molar-refractivity contribution is 7.10. The average molecular weight is 421 g/mol. The van der Waals surface area contributed by atoms with E-state index in [2.05, 4.69) is 28.2 Å². The molecule has 0 amide bonds. The molecule has 6 heteroatoms. The molecule has 1 fully saturated rings. The van der Waals surface area contributed by atoms with Crippen LogP contribution in [0.25, 0.3) is 0 Å². The molecule has 2 aliphatic rings. The number of ether oxygens (including phenoxy) is 1. The minimum atomic E-state index is 0.722. The van der Waals surface area contributed by atoms with Crippen LogP contribution in [0.3, 0.4) is 0 Å². The van der Waals surface area contributed by atoms with E-state index in [1.165, 1.54) is 29.7 Å². The first-order valence-corrected chi connectivity index (χ1v) is 11.8. The zero-order chi connectivity index (χ0) is 20.3. The lowest BCUT2D eigenvalue weighted by molar-refractivity contribution is 0.240. The van der Waals surface area contributed by atoms with Gasteiger partial charge in [-0.1, -0.05) is 18.2 Å². The number of fused-ring (bicyclic) bond motifs is 1. The Bertz CT molecular complexity index is 998. The zero-order valence-electron chi connectivity index (χ0n) is 17.5. The van der Waals surface area contributed by atoms with E-state index in [9.17, 15) is 0 Å². The highest BCUT2D eigenvalue weighted by Gasteiger charge is 2.26. The summed E-state index contributed by atoms with van der Waals surface area (Å²) < 4.78 is 6.31. The highest BCUT2D eigenvalue weighted by Crippen LogP contribution is 2.33. The van der Waals surface area contributed by atoms with Crippen LogP contribution in [-0.4, -0.2) is 34.5 Å². The van der Waals surface area contributed by atoms with Crippen molar-refractivity contribution in [1.29, 1.82) is 0 Å². The molecule has 2 aliphatic heterocycles. The van der Waals surface area contributed by atoms with E-state index in [1.54, 1.807) is 0 Å². The average Bonchev–Trinajstić information content (AvgIpc) is 3.19. The molecule has 0 bridgehead atoms. The van der Waals surface area contributed by atoms with E-state index in [1.807, 2.05) is 41.7 Å². The molecule has 0 atom stereocenters. The van der Waals surface area contributed by atoms with Crippen molar-refractivity contribution in [1.82, 2.24) is 14.9 Å². The molecule has 0 radical (unpaired) electrons. The molecule has 0 N–H and O–H groups in total. The zero-order valence-corrected chi connectivity index (χ0v) is 18.3. The van der Waals surface area contributed by atoms with Gasteiger partial charge in [0.05, 0.1) is 11.3 Å². The van der Waals surface area contributed by atoms with Crippen LogP contribution in [0.5, 0.6) is 11.6 Å². The highest BCUT2D eigenvalue weighted by atomic mass is 32.1. The van der Waals surface area contributed by atoms with Crippen LogP contribution in [0.15, 0.2) is 41.8 Å².